The second-order valence-electron chi connectivity index (χ2n) is 8.43. The predicted octanol–water partition coefficient (Wildman–Crippen LogP) is 5.61. The summed E-state index contributed by atoms with van der Waals surface area (Å²) in [5.41, 5.74) is 1.72. The lowest BCUT2D eigenvalue weighted by Gasteiger charge is -2.40. The van der Waals surface area contributed by atoms with Crippen LogP contribution in [0.25, 0.3) is 5.57 Å². The first kappa shape index (κ1) is 25.1. The zero-order valence-electron chi connectivity index (χ0n) is 19.0. The van der Waals surface area contributed by atoms with Crippen molar-refractivity contribution >= 4 is 44.1 Å². The summed E-state index contributed by atoms with van der Waals surface area (Å²) >= 11 is 0. The lowest BCUT2D eigenvalue weighted by Crippen LogP contribution is -2.30. The number of nitrogens with one attached hydrogen (secondary N) is 1. The van der Waals surface area contributed by atoms with Crippen LogP contribution in [0.5, 0.6) is 0 Å². The monoisotopic (exact) mass is 554 g/mol. The number of hydrogen-bond donors (Lipinski definition) is 1. The van der Waals surface area contributed by atoms with Crippen LogP contribution in [0.4, 0.5) is 36.9 Å². The van der Waals surface area contributed by atoms with Gasteiger partial charge in [0.2, 0.25) is 5.95 Å². The first-order chi connectivity index (χ1) is 17.3. The molecule has 5 rings (SSSR count). The molecule has 37 heavy (non-hydrogen) atoms. The summed E-state index contributed by atoms with van der Waals surface area (Å²) in [4.78, 5) is 17.6. The molecule has 0 saturated carbocycles. The topological polar surface area (TPSA) is 83.9 Å². The van der Waals surface area contributed by atoms with Crippen LogP contribution in [0, 0.1) is 12.3 Å². The second-order valence-corrected chi connectivity index (χ2v) is 12.4. The molecular formula is C23H19F5N6OS2. The quantitative estimate of drug-likeness (QED) is 0.324. The van der Waals surface area contributed by atoms with Gasteiger partial charge in [0.25, 0.3) is 0 Å². The maximum Gasteiger partial charge on any atom is 0.310 e. The van der Waals surface area contributed by atoms with E-state index in [4.69, 9.17) is 6.42 Å². The summed E-state index contributed by atoms with van der Waals surface area (Å²) < 4.78 is 79.2. The molecule has 1 aromatic carbocycles. The number of benzene rings is 1. The van der Waals surface area contributed by atoms with Gasteiger partial charge < -0.3 is 10.2 Å². The Morgan fingerprint density at radius 3 is 2.49 bits per heavy atom. The first-order valence-electron chi connectivity index (χ1n) is 10.9. The molecule has 3 aromatic rings. The maximum absolute atomic E-state index is 13.3. The summed E-state index contributed by atoms with van der Waals surface area (Å²) in [5, 5.41) is 2.67. The fourth-order valence-corrected chi connectivity index (χ4v) is 5.97. The molecule has 0 fully saturated rings. The van der Waals surface area contributed by atoms with Gasteiger partial charge in [0, 0.05) is 43.3 Å². The molecule has 2 aliphatic rings. The Morgan fingerprint density at radius 2 is 1.84 bits per heavy atom. The highest BCUT2D eigenvalue weighted by atomic mass is 32.5. The van der Waals surface area contributed by atoms with Gasteiger partial charge in [-0.15, -0.1) is 6.42 Å². The van der Waals surface area contributed by atoms with E-state index in [-0.39, 0.29) is 28.1 Å². The van der Waals surface area contributed by atoms with Crippen molar-refractivity contribution in [1.82, 2.24) is 19.9 Å². The Kier molecular flexibility index (Phi) is 5.57. The number of aromatic nitrogens is 4. The van der Waals surface area contributed by atoms with Crippen LogP contribution in [-0.4, -0.2) is 43.0 Å². The summed E-state index contributed by atoms with van der Waals surface area (Å²) in [6.45, 7) is 0.893. The Bertz CT molecular complexity index is 1500. The molecule has 0 aliphatic carbocycles. The van der Waals surface area contributed by atoms with Crippen LogP contribution < -0.4 is 10.2 Å². The van der Waals surface area contributed by atoms with Crippen molar-refractivity contribution in [2.45, 2.75) is 22.6 Å². The maximum atomic E-state index is 13.3. The van der Waals surface area contributed by atoms with Gasteiger partial charge in [-0.25, -0.2) is 15.0 Å². The van der Waals surface area contributed by atoms with Crippen molar-refractivity contribution in [3.63, 3.8) is 0 Å². The largest absolute Gasteiger partial charge is 0.339 e. The molecule has 2 aliphatic heterocycles. The van der Waals surface area contributed by atoms with E-state index in [1.807, 2.05) is 11.0 Å². The normalized spacial score (nSPS) is 19.3. The van der Waals surface area contributed by atoms with Gasteiger partial charge in [0.05, 0.1) is 22.1 Å². The molecule has 194 valence electrons. The molecule has 7 nitrogen and oxygen atoms in total. The van der Waals surface area contributed by atoms with E-state index < -0.39 is 25.9 Å². The molecule has 0 bridgehead atoms. The van der Waals surface area contributed by atoms with E-state index in [1.165, 1.54) is 6.07 Å². The highest BCUT2D eigenvalue weighted by Gasteiger charge is 2.65. The lowest BCUT2D eigenvalue weighted by atomic mass is 10.1. The molecular weight excluding hydrogens is 535 g/mol. The number of fused-ring (bicyclic) bond motifs is 1. The van der Waals surface area contributed by atoms with Crippen LogP contribution in [0.1, 0.15) is 23.5 Å². The third-order valence-corrected chi connectivity index (χ3v) is 8.42. The van der Waals surface area contributed by atoms with Gasteiger partial charge in [-0.3, -0.25) is 4.21 Å². The van der Waals surface area contributed by atoms with Gasteiger partial charge in [-0.05, 0) is 30.2 Å². The van der Waals surface area contributed by atoms with Gasteiger partial charge >= 0.3 is 10.2 Å². The van der Waals surface area contributed by atoms with E-state index in [0.717, 1.165) is 11.6 Å². The van der Waals surface area contributed by atoms with Crippen LogP contribution in [0.15, 0.2) is 52.5 Å². The smallest absolute Gasteiger partial charge is 0.310 e. The molecule has 2 aromatic heterocycles. The number of hydrogen-bond acceptors (Lipinski definition) is 7. The number of terminal acetylenes is 1. The average Bonchev–Trinajstić information content (AvgIpc) is 3.24. The minimum atomic E-state index is -9.88. The summed E-state index contributed by atoms with van der Waals surface area (Å²) in [6.07, 6.45) is 11.3. The summed E-state index contributed by atoms with van der Waals surface area (Å²) in [7, 11) is -11.4. The van der Waals surface area contributed by atoms with Gasteiger partial charge in [-0.2, -0.15) is 4.98 Å². The minimum absolute atomic E-state index is 0.0260. The summed E-state index contributed by atoms with van der Waals surface area (Å²) in [5.74, 6) is 3.60. The Labute approximate surface area is 211 Å². The third-order valence-electron chi connectivity index (χ3n) is 5.82. The van der Waals surface area contributed by atoms with Crippen molar-refractivity contribution < 1.29 is 23.6 Å². The van der Waals surface area contributed by atoms with Crippen LogP contribution in [-0.2, 0) is 17.2 Å². The highest BCUT2D eigenvalue weighted by Crippen LogP contribution is 3.02. The fourth-order valence-electron chi connectivity index (χ4n) is 3.98. The fraction of sp³-hybridized carbons (Fsp3) is 0.217. The van der Waals surface area contributed by atoms with Crippen molar-refractivity contribution in [2.75, 3.05) is 29.1 Å². The van der Waals surface area contributed by atoms with Gasteiger partial charge in [0.1, 0.15) is 9.79 Å². The molecule has 0 amide bonds. The molecule has 14 heteroatoms. The summed E-state index contributed by atoms with van der Waals surface area (Å²) in [6, 6.07) is 2.74. The molecule has 1 unspecified atom stereocenters. The van der Waals surface area contributed by atoms with Crippen LogP contribution in [0.2, 0.25) is 0 Å². The zero-order valence-corrected chi connectivity index (χ0v) is 20.6. The third kappa shape index (κ3) is 5.28. The SMILES string of the molecule is C#Cc1cnc(C2=CCN(c3nc4c(c(Nc5cccc(S(F)(F)(F)(F)F)c5)n3)S(=O)CC4)CC2)nc1. The first-order valence-corrected chi connectivity index (χ1v) is 14.2. The van der Waals surface area contributed by atoms with Crippen molar-refractivity contribution in [3.8, 4) is 12.3 Å². The molecule has 0 radical (unpaired) electrons. The number of rotatable bonds is 5. The van der Waals surface area contributed by atoms with Crippen molar-refractivity contribution in [3.05, 3.63) is 59.8 Å². The number of nitrogens with zero attached hydrogens (tertiary/aromatic N) is 5. The number of anilines is 3. The Balaban J connectivity index is 1.44. The molecule has 0 spiro atoms. The number of halogens is 5. The van der Waals surface area contributed by atoms with E-state index in [1.54, 1.807) is 12.4 Å². The molecule has 0 saturated heterocycles. The molecule has 4 heterocycles. The van der Waals surface area contributed by atoms with Crippen molar-refractivity contribution in [1.29, 1.82) is 0 Å². The average molecular weight is 555 g/mol. The van der Waals surface area contributed by atoms with Gasteiger partial charge in [-0.1, -0.05) is 37.5 Å². The predicted molar refractivity (Wildman–Crippen MR) is 133 cm³/mol. The standard InChI is InChI=1S/C23H19F5N6OS2/c1-2-15-13-29-21(30-14-15)16-6-9-34(10-7-16)23-32-19-8-11-36(35)20(19)22(33-23)31-17-4-3-5-18(12-17)37(24,25,26,27)28/h1,3-6,12-14H,7-11H2,(H,31,32,33). The van der Waals surface area contributed by atoms with E-state index in [2.05, 4.69) is 31.2 Å². The Hall–Kier alpha value is -3.57. The highest BCUT2D eigenvalue weighted by molar-refractivity contribution is 8.45. The van der Waals surface area contributed by atoms with Crippen molar-refractivity contribution in [2.24, 2.45) is 0 Å². The van der Waals surface area contributed by atoms with Gasteiger partial charge in [0.15, 0.2) is 11.6 Å². The van der Waals surface area contributed by atoms with E-state index in [9.17, 15) is 23.6 Å². The second kappa shape index (κ2) is 8.22. The van der Waals surface area contributed by atoms with E-state index >= 15 is 0 Å². The lowest BCUT2D eigenvalue weighted by molar-refractivity contribution is 0.364. The zero-order chi connectivity index (χ0) is 26.5. The molecule has 1 N–H and O–H groups in total. The minimum Gasteiger partial charge on any atom is -0.339 e. The molecule has 1 atom stereocenters. The van der Waals surface area contributed by atoms with Crippen LogP contribution >= 0.6 is 10.2 Å². The van der Waals surface area contributed by atoms with E-state index in [0.29, 0.717) is 55.1 Å². The number of aryl methyl sites for hydroxylation is 1. The Morgan fingerprint density at radius 1 is 1.08 bits per heavy atom. The van der Waals surface area contributed by atoms with Crippen LogP contribution in [0.3, 0.4) is 0 Å².